The van der Waals surface area contributed by atoms with E-state index in [0.29, 0.717) is 5.41 Å². The molecule has 0 rings (SSSR count). The van der Waals surface area contributed by atoms with Gasteiger partial charge in [-0.3, -0.25) is 0 Å². The Balaban J connectivity index is 3.56. The van der Waals surface area contributed by atoms with Crippen molar-refractivity contribution in [3.05, 3.63) is 0 Å². The van der Waals surface area contributed by atoms with Crippen LogP contribution in [0.4, 0.5) is 0 Å². The number of halogens is 1. The van der Waals surface area contributed by atoms with Gasteiger partial charge < -0.3 is 0 Å². The van der Waals surface area contributed by atoms with Gasteiger partial charge in [-0.2, -0.15) is 0 Å². The third-order valence-corrected chi connectivity index (χ3v) is 4.37. The van der Waals surface area contributed by atoms with Gasteiger partial charge in [0.1, 0.15) is 0 Å². The molecule has 0 atom stereocenters. The fourth-order valence-corrected chi connectivity index (χ4v) is 3.59. The van der Waals surface area contributed by atoms with Gasteiger partial charge in [0.05, 0.1) is 0 Å². The molecule has 0 amide bonds. The molecule has 0 aliphatic rings. The average Bonchev–Trinajstić information content (AvgIpc) is 1.30. The summed E-state index contributed by atoms with van der Waals surface area (Å²) in [6, 6.07) is 0. The summed E-state index contributed by atoms with van der Waals surface area (Å²) in [5.41, 5.74) is 0.374. The topological polar surface area (TPSA) is 0 Å². The molecule has 0 spiro atoms. The zero-order valence-electron chi connectivity index (χ0n) is 4.90. The summed E-state index contributed by atoms with van der Waals surface area (Å²) in [6.45, 7) is 6.54. The number of hydrogen-bond donors (Lipinski definition) is 0. The van der Waals surface area contributed by atoms with Crippen molar-refractivity contribution in [2.75, 3.05) is 0 Å². The number of rotatable bonds is 0. The van der Waals surface area contributed by atoms with Gasteiger partial charge in [-0.25, -0.2) is 0 Å². The molecule has 0 bridgehead atoms. The van der Waals surface area contributed by atoms with E-state index in [1.54, 1.807) is 0 Å². The van der Waals surface area contributed by atoms with Crippen LogP contribution in [-0.4, -0.2) is 4.23 Å². The van der Waals surface area contributed by atoms with Gasteiger partial charge in [-0.15, -0.1) is 0 Å². The number of hydrogen-bond acceptors (Lipinski definition) is 0. The standard InChI is InChI=1S/C5H10.ClH.Ta/c1-5(2,3)4;;/h1H,2-4H3;1H;/q;;+1/p-1. The average molecular weight is 287 g/mol. The van der Waals surface area contributed by atoms with Crippen molar-refractivity contribution in [3.8, 4) is 0 Å². The van der Waals surface area contributed by atoms with Gasteiger partial charge in [-0.1, -0.05) is 0 Å². The minimum atomic E-state index is -0.643. The molecule has 0 nitrogen and oxygen atoms in total. The van der Waals surface area contributed by atoms with Crippen molar-refractivity contribution in [2.45, 2.75) is 20.8 Å². The fourth-order valence-electron chi connectivity index (χ4n) is 0.146. The van der Waals surface area contributed by atoms with Crippen LogP contribution in [0.3, 0.4) is 0 Å². The van der Waals surface area contributed by atoms with E-state index in [1.165, 1.54) is 0 Å². The van der Waals surface area contributed by atoms with Crippen molar-refractivity contribution < 1.29 is 18.2 Å². The molecule has 0 heterocycles. The van der Waals surface area contributed by atoms with Gasteiger partial charge in [0.15, 0.2) is 0 Å². The molecule has 7 heavy (non-hydrogen) atoms. The Morgan fingerprint density at radius 1 is 1.43 bits per heavy atom. The molecule has 0 N–H and O–H groups in total. The van der Waals surface area contributed by atoms with E-state index < -0.39 is 18.2 Å². The van der Waals surface area contributed by atoms with Crippen LogP contribution in [0.1, 0.15) is 20.8 Å². The summed E-state index contributed by atoms with van der Waals surface area (Å²) in [4.78, 5) is 0. The second-order valence-corrected chi connectivity index (χ2v) is 5.82. The molecule has 0 aromatic carbocycles. The molecule has 0 radical (unpaired) electrons. The summed E-state index contributed by atoms with van der Waals surface area (Å²) in [7, 11) is 5.61. The van der Waals surface area contributed by atoms with Gasteiger partial charge in [-0.05, 0) is 0 Å². The van der Waals surface area contributed by atoms with Crippen molar-refractivity contribution in [3.63, 3.8) is 0 Å². The Morgan fingerprint density at radius 2 is 1.86 bits per heavy atom. The zero-order valence-corrected chi connectivity index (χ0v) is 8.87. The Kier molecular flexibility index (Phi) is 3.42. The van der Waals surface area contributed by atoms with Crippen LogP contribution in [0, 0.1) is 5.41 Å². The molecule has 0 aromatic heterocycles. The van der Waals surface area contributed by atoms with Crippen molar-refractivity contribution in [1.82, 2.24) is 0 Å². The molecule has 0 saturated carbocycles. The fraction of sp³-hybridized carbons (Fsp3) is 0.800. The minimum absolute atomic E-state index is 0.374. The van der Waals surface area contributed by atoms with E-state index in [4.69, 9.17) is 9.19 Å². The van der Waals surface area contributed by atoms with Gasteiger partial charge in [0, 0.05) is 0 Å². The van der Waals surface area contributed by atoms with Crippen LogP contribution in [0.25, 0.3) is 0 Å². The molecule has 42 valence electrons. The molecule has 0 aromatic rings. The van der Waals surface area contributed by atoms with Crippen molar-refractivity contribution in [1.29, 1.82) is 0 Å². The van der Waals surface area contributed by atoms with Crippen LogP contribution in [0.2, 0.25) is 0 Å². The first-order chi connectivity index (χ1) is 3.06. The Labute approximate surface area is 57.9 Å². The molecule has 0 saturated heterocycles. The molecule has 0 aliphatic carbocycles. The summed E-state index contributed by atoms with van der Waals surface area (Å²) >= 11 is -0.643. The third-order valence-electron chi connectivity index (χ3n) is 0.436. The van der Waals surface area contributed by atoms with Gasteiger partial charge >= 0.3 is 57.8 Å². The molecule has 0 fully saturated rings. The van der Waals surface area contributed by atoms with E-state index >= 15 is 0 Å². The van der Waals surface area contributed by atoms with Crippen LogP contribution in [-0.2, 0) is 18.2 Å². The first-order valence-corrected chi connectivity index (χ1v) is 8.05. The van der Waals surface area contributed by atoms with Crippen LogP contribution in [0.15, 0.2) is 0 Å². The SMILES string of the molecule is CC(C)(C)[CH]=[Ta][Cl]. The Hall–Kier alpha value is 0.900. The normalized spacial score (nSPS) is 13.1. The summed E-state index contributed by atoms with van der Waals surface area (Å²) in [5, 5.41) is 0. The maximum absolute atomic E-state index is 5.61. The molecule has 0 aliphatic heterocycles. The van der Waals surface area contributed by atoms with E-state index in [1.807, 2.05) is 0 Å². The predicted molar refractivity (Wildman–Crippen MR) is 31.4 cm³/mol. The van der Waals surface area contributed by atoms with Crippen molar-refractivity contribution >= 4 is 13.4 Å². The van der Waals surface area contributed by atoms with Gasteiger partial charge in [0.25, 0.3) is 0 Å². The third kappa shape index (κ3) is 6.90. The first-order valence-electron chi connectivity index (χ1n) is 2.22. The van der Waals surface area contributed by atoms with E-state index in [0.717, 1.165) is 0 Å². The summed E-state index contributed by atoms with van der Waals surface area (Å²) in [6.07, 6.45) is 0. The summed E-state index contributed by atoms with van der Waals surface area (Å²) in [5.74, 6) is 0. The molecular weight excluding hydrogens is 276 g/mol. The second-order valence-electron chi connectivity index (χ2n) is 2.59. The van der Waals surface area contributed by atoms with E-state index in [9.17, 15) is 0 Å². The summed E-state index contributed by atoms with van der Waals surface area (Å²) < 4.78 is 2.26. The Morgan fingerprint density at radius 3 is 1.86 bits per heavy atom. The quantitative estimate of drug-likeness (QED) is 0.639. The monoisotopic (exact) mass is 286 g/mol. The Bertz CT molecular complexity index is 70.6. The molecular formula is C5H10ClTa. The van der Waals surface area contributed by atoms with Gasteiger partial charge in [0.2, 0.25) is 0 Å². The van der Waals surface area contributed by atoms with E-state index in [2.05, 4.69) is 25.0 Å². The van der Waals surface area contributed by atoms with Crippen LogP contribution < -0.4 is 0 Å². The molecule has 0 unspecified atom stereocenters. The molecule has 2 heteroatoms. The first kappa shape index (κ1) is 7.90. The second kappa shape index (κ2) is 3.03. The maximum atomic E-state index is 5.61. The van der Waals surface area contributed by atoms with Crippen LogP contribution in [0.5, 0.6) is 0 Å². The zero-order chi connectivity index (χ0) is 5.91. The van der Waals surface area contributed by atoms with Crippen molar-refractivity contribution in [2.24, 2.45) is 5.41 Å². The predicted octanol–water partition coefficient (Wildman–Crippen LogP) is 2.07. The van der Waals surface area contributed by atoms with E-state index in [-0.39, 0.29) is 0 Å². The van der Waals surface area contributed by atoms with Crippen LogP contribution >= 0.6 is 9.19 Å².